The number of rotatable bonds is 6. The molecule has 0 unspecified atom stereocenters. The van der Waals surface area contributed by atoms with Crippen LogP contribution in [-0.4, -0.2) is 58.1 Å². The molecule has 1 aliphatic rings. The number of sulfonamides is 1. The minimum atomic E-state index is -3.52. The fourth-order valence-electron chi connectivity index (χ4n) is 2.19. The summed E-state index contributed by atoms with van der Waals surface area (Å²) in [6, 6.07) is 4.89. The molecule has 6 nitrogen and oxygen atoms in total. The standard InChI is InChI=1S/C13H22N4O2S2/c1-15-21(18,19)13-10-11(14)2-3-12(13)16-4-5-17-6-8-20-9-7-17/h2-3,10,15-16H,4-9,14H2,1H3. The van der Waals surface area contributed by atoms with Gasteiger partial charge >= 0.3 is 0 Å². The number of nitrogen functional groups attached to an aromatic ring is 1. The van der Waals surface area contributed by atoms with Gasteiger partial charge in [-0.15, -0.1) is 0 Å². The van der Waals surface area contributed by atoms with Crippen LogP contribution in [0.3, 0.4) is 0 Å². The molecule has 1 aromatic rings. The van der Waals surface area contributed by atoms with Crippen LogP contribution in [-0.2, 0) is 10.0 Å². The van der Waals surface area contributed by atoms with Crippen molar-refractivity contribution in [2.75, 3.05) is 55.8 Å². The van der Waals surface area contributed by atoms with Crippen molar-refractivity contribution in [3.05, 3.63) is 18.2 Å². The molecule has 0 bridgehead atoms. The molecule has 1 fully saturated rings. The number of anilines is 2. The van der Waals surface area contributed by atoms with Gasteiger partial charge in [0.1, 0.15) is 4.90 Å². The molecule has 1 aliphatic heterocycles. The van der Waals surface area contributed by atoms with Crippen molar-refractivity contribution in [2.24, 2.45) is 0 Å². The Hall–Kier alpha value is -0.960. The van der Waals surface area contributed by atoms with Gasteiger partial charge in [0.05, 0.1) is 5.69 Å². The summed E-state index contributed by atoms with van der Waals surface area (Å²) in [6.45, 7) is 3.80. The summed E-state index contributed by atoms with van der Waals surface area (Å²) in [5.74, 6) is 2.34. The van der Waals surface area contributed by atoms with Crippen LogP contribution < -0.4 is 15.8 Å². The van der Waals surface area contributed by atoms with Crippen molar-refractivity contribution in [3.8, 4) is 0 Å². The number of benzene rings is 1. The van der Waals surface area contributed by atoms with Crippen LogP contribution in [0.4, 0.5) is 11.4 Å². The maximum Gasteiger partial charge on any atom is 0.242 e. The fraction of sp³-hybridized carbons (Fsp3) is 0.538. The maximum absolute atomic E-state index is 12.0. The van der Waals surface area contributed by atoms with E-state index in [0.29, 0.717) is 17.9 Å². The highest BCUT2D eigenvalue weighted by atomic mass is 32.2. The number of thioether (sulfide) groups is 1. The van der Waals surface area contributed by atoms with E-state index >= 15 is 0 Å². The van der Waals surface area contributed by atoms with Crippen LogP contribution in [0.1, 0.15) is 0 Å². The average Bonchev–Trinajstić information content (AvgIpc) is 2.49. The van der Waals surface area contributed by atoms with Gasteiger partial charge in [-0.1, -0.05) is 0 Å². The summed E-state index contributed by atoms with van der Waals surface area (Å²) in [4.78, 5) is 2.58. The normalized spacial score (nSPS) is 16.8. The fourth-order valence-corrected chi connectivity index (χ4v) is 4.11. The molecular weight excluding hydrogens is 308 g/mol. The Bertz CT molecular complexity index is 572. The number of hydrogen-bond acceptors (Lipinski definition) is 6. The second kappa shape index (κ2) is 7.35. The number of nitrogens with one attached hydrogen (secondary N) is 2. The molecule has 0 amide bonds. The summed E-state index contributed by atoms with van der Waals surface area (Å²) >= 11 is 1.98. The van der Waals surface area contributed by atoms with E-state index in [1.807, 2.05) is 11.8 Å². The number of nitrogens with two attached hydrogens (primary N) is 1. The highest BCUT2D eigenvalue weighted by Crippen LogP contribution is 2.23. The van der Waals surface area contributed by atoms with Crippen LogP contribution in [0.2, 0.25) is 0 Å². The average molecular weight is 330 g/mol. The monoisotopic (exact) mass is 330 g/mol. The van der Waals surface area contributed by atoms with Gasteiger partial charge in [0, 0.05) is 43.4 Å². The van der Waals surface area contributed by atoms with Crippen LogP contribution in [0.5, 0.6) is 0 Å². The zero-order valence-corrected chi connectivity index (χ0v) is 13.8. The summed E-state index contributed by atoms with van der Waals surface area (Å²) in [7, 11) is -2.12. The lowest BCUT2D eigenvalue weighted by atomic mass is 10.3. The van der Waals surface area contributed by atoms with E-state index in [4.69, 9.17) is 5.73 Å². The molecule has 0 spiro atoms. The first-order valence-corrected chi connectivity index (χ1v) is 9.54. The first-order valence-electron chi connectivity index (χ1n) is 6.90. The van der Waals surface area contributed by atoms with Crippen LogP contribution in [0, 0.1) is 0 Å². The van der Waals surface area contributed by atoms with Gasteiger partial charge in [-0.05, 0) is 25.2 Å². The third kappa shape index (κ3) is 4.50. The largest absolute Gasteiger partial charge is 0.399 e. The van der Waals surface area contributed by atoms with E-state index in [1.54, 1.807) is 12.1 Å². The van der Waals surface area contributed by atoms with Crippen LogP contribution in [0.25, 0.3) is 0 Å². The summed E-state index contributed by atoms with van der Waals surface area (Å²) in [5, 5.41) is 3.21. The second-order valence-electron chi connectivity index (χ2n) is 4.84. The lowest BCUT2D eigenvalue weighted by Gasteiger charge is -2.26. The molecule has 8 heteroatoms. The topological polar surface area (TPSA) is 87.5 Å². The minimum Gasteiger partial charge on any atom is -0.399 e. The van der Waals surface area contributed by atoms with Crippen LogP contribution >= 0.6 is 11.8 Å². The molecule has 4 N–H and O–H groups in total. The highest BCUT2D eigenvalue weighted by molar-refractivity contribution is 7.99. The van der Waals surface area contributed by atoms with Crippen molar-refractivity contribution in [2.45, 2.75) is 4.90 Å². The molecule has 0 aromatic heterocycles. The minimum absolute atomic E-state index is 0.194. The van der Waals surface area contributed by atoms with Gasteiger partial charge in [0.25, 0.3) is 0 Å². The quantitative estimate of drug-likeness (QED) is 0.664. The van der Waals surface area contributed by atoms with Crippen molar-refractivity contribution >= 4 is 33.2 Å². The summed E-state index contributed by atoms with van der Waals surface area (Å²) < 4.78 is 26.4. The third-order valence-corrected chi connectivity index (χ3v) is 5.81. The summed E-state index contributed by atoms with van der Waals surface area (Å²) in [5.41, 5.74) is 6.71. The predicted octanol–water partition coefficient (Wildman–Crippen LogP) is 0.638. The second-order valence-corrected chi connectivity index (χ2v) is 7.92. The van der Waals surface area contributed by atoms with E-state index in [0.717, 1.165) is 19.6 Å². The van der Waals surface area contributed by atoms with Gasteiger partial charge in [-0.3, -0.25) is 4.90 Å². The van der Waals surface area contributed by atoms with Gasteiger partial charge in [0.2, 0.25) is 10.0 Å². The lowest BCUT2D eigenvalue weighted by molar-refractivity contribution is 0.314. The SMILES string of the molecule is CNS(=O)(=O)c1cc(N)ccc1NCCN1CCSCC1. The lowest BCUT2D eigenvalue weighted by Crippen LogP contribution is -2.36. The maximum atomic E-state index is 12.0. The van der Waals surface area contributed by atoms with Crippen LogP contribution in [0.15, 0.2) is 23.1 Å². The van der Waals surface area contributed by atoms with E-state index in [2.05, 4.69) is 14.9 Å². The highest BCUT2D eigenvalue weighted by Gasteiger charge is 2.17. The van der Waals surface area contributed by atoms with Gasteiger partial charge in [0.15, 0.2) is 0 Å². The molecule has 1 saturated heterocycles. The third-order valence-electron chi connectivity index (χ3n) is 3.41. The predicted molar refractivity (Wildman–Crippen MR) is 89.4 cm³/mol. The molecule has 0 saturated carbocycles. The Morgan fingerprint density at radius 3 is 2.71 bits per heavy atom. The number of hydrogen-bond donors (Lipinski definition) is 3. The molecule has 1 heterocycles. The first-order chi connectivity index (χ1) is 10.0. The zero-order valence-electron chi connectivity index (χ0n) is 12.1. The van der Waals surface area contributed by atoms with Gasteiger partial charge in [-0.2, -0.15) is 11.8 Å². The van der Waals surface area contributed by atoms with E-state index in [1.165, 1.54) is 24.6 Å². The molecular formula is C13H22N4O2S2. The first kappa shape index (κ1) is 16.4. The van der Waals surface area contributed by atoms with Crippen molar-refractivity contribution in [3.63, 3.8) is 0 Å². The zero-order chi connectivity index (χ0) is 15.3. The molecule has 21 heavy (non-hydrogen) atoms. The van der Waals surface area contributed by atoms with Crippen molar-refractivity contribution < 1.29 is 8.42 Å². The Morgan fingerprint density at radius 2 is 2.05 bits per heavy atom. The molecule has 118 valence electrons. The number of nitrogens with zero attached hydrogens (tertiary/aromatic N) is 1. The molecule has 2 rings (SSSR count). The van der Waals surface area contributed by atoms with E-state index in [-0.39, 0.29) is 4.90 Å². The van der Waals surface area contributed by atoms with Gasteiger partial charge < -0.3 is 11.1 Å². The van der Waals surface area contributed by atoms with E-state index < -0.39 is 10.0 Å². The molecule has 0 aliphatic carbocycles. The molecule has 0 atom stereocenters. The Balaban J connectivity index is 2.02. The smallest absolute Gasteiger partial charge is 0.242 e. The Kier molecular flexibility index (Phi) is 5.74. The van der Waals surface area contributed by atoms with Crippen molar-refractivity contribution in [1.82, 2.24) is 9.62 Å². The Morgan fingerprint density at radius 1 is 1.33 bits per heavy atom. The molecule has 0 radical (unpaired) electrons. The summed E-state index contributed by atoms with van der Waals surface area (Å²) in [6.07, 6.45) is 0. The van der Waals surface area contributed by atoms with Gasteiger partial charge in [-0.25, -0.2) is 13.1 Å². The Labute approximate surface area is 130 Å². The van der Waals surface area contributed by atoms with E-state index in [9.17, 15) is 8.42 Å². The van der Waals surface area contributed by atoms with Crippen molar-refractivity contribution in [1.29, 1.82) is 0 Å². The molecule has 1 aromatic carbocycles.